The van der Waals surface area contributed by atoms with Crippen molar-refractivity contribution >= 4 is 33.1 Å². The molecule has 2 atom stereocenters. The van der Waals surface area contributed by atoms with Gasteiger partial charge in [0.25, 0.3) is 0 Å². The summed E-state index contributed by atoms with van der Waals surface area (Å²) in [5, 5.41) is 12.9. The largest absolute Gasteiger partial charge is 0.390 e. The SMILES string of the molecule is O=CNc1nc2ccc(-c3cnc(CO[C@H]4CCC[C@@H]4O)nc3)cc2s1. The van der Waals surface area contributed by atoms with Crippen molar-refractivity contribution in [2.75, 3.05) is 5.32 Å². The molecule has 0 bridgehead atoms. The summed E-state index contributed by atoms with van der Waals surface area (Å²) in [6, 6.07) is 5.87. The van der Waals surface area contributed by atoms with Crippen LogP contribution in [0, 0.1) is 0 Å². The predicted molar refractivity (Wildman–Crippen MR) is 98.8 cm³/mol. The summed E-state index contributed by atoms with van der Waals surface area (Å²) in [6.45, 7) is 0.302. The van der Waals surface area contributed by atoms with Crippen molar-refractivity contribution in [3.63, 3.8) is 0 Å². The lowest BCUT2D eigenvalue weighted by Gasteiger charge is -2.14. The third-order valence-electron chi connectivity index (χ3n) is 4.45. The molecule has 1 aliphatic rings. The highest BCUT2D eigenvalue weighted by Gasteiger charge is 2.25. The van der Waals surface area contributed by atoms with Crippen molar-refractivity contribution in [2.24, 2.45) is 0 Å². The third-order valence-corrected chi connectivity index (χ3v) is 5.40. The van der Waals surface area contributed by atoms with E-state index in [-0.39, 0.29) is 12.2 Å². The van der Waals surface area contributed by atoms with Crippen LogP contribution >= 0.6 is 11.3 Å². The lowest BCUT2D eigenvalue weighted by molar-refractivity contribution is -0.105. The Morgan fingerprint density at radius 2 is 2.12 bits per heavy atom. The number of amides is 1. The van der Waals surface area contributed by atoms with E-state index in [2.05, 4.69) is 20.3 Å². The van der Waals surface area contributed by atoms with Gasteiger partial charge in [0.15, 0.2) is 11.0 Å². The summed E-state index contributed by atoms with van der Waals surface area (Å²) in [5.41, 5.74) is 2.72. The first-order valence-corrected chi connectivity index (χ1v) is 9.26. The second kappa shape index (κ2) is 7.45. The third kappa shape index (κ3) is 3.57. The van der Waals surface area contributed by atoms with Crippen LogP contribution < -0.4 is 5.32 Å². The van der Waals surface area contributed by atoms with E-state index in [1.807, 2.05) is 18.2 Å². The van der Waals surface area contributed by atoms with E-state index in [0.717, 1.165) is 40.6 Å². The molecule has 0 aliphatic heterocycles. The van der Waals surface area contributed by atoms with E-state index in [4.69, 9.17) is 4.74 Å². The summed E-state index contributed by atoms with van der Waals surface area (Å²) in [7, 11) is 0. The van der Waals surface area contributed by atoms with E-state index in [9.17, 15) is 9.90 Å². The number of hydrogen-bond donors (Lipinski definition) is 2. The lowest BCUT2D eigenvalue weighted by atomic mass is 10.1. The number of nitrogens with zero attached hydrogens (tertiary/aromatic N) is 3. The van der Waals surface area contributed by atoms with Gasteiger partial charge in [-0.15, -0.1) is 0 Å². The molecule has 3 aromatic rings. The molecule has 0 radical (unpaired) electrons. The van der Waals surface area contributed by atoms with E-state index < -0.39 is 0 Å². The number of aliphatic hydroxyl groups excluding tert-OH is 1. The molecular weight excluding hydrogens is 352 g/mol. The predicted octanol–water partition coefficient (Wildman–Crippen LogP) is 2.75. The molecule has 2 heterocycles. The number of carbonyl (C=O) groups excluding carboxylic acids is 1. The summed E-state index contributed by atoms with van der Waals surface area (Å²) in [5.74, 6) is 0.601. The van der Waals surface area contributed by atoms with Gasteiger partial charge in [0.05, 0.1) is 22.4 Å². The Morgan fingerprint density at radius 3 is 2.85 bits per heavy atom. The second-order valence-electron chi connectivity index (χ2n) is 6.20. The smallest absolute Gasteiger partial charge is 0.213 e. The Labute approximate surface area is 154 Å². The number of carbonyl (C=O) groups is 1. The van der Waals surface area contributed by atoms with Gasteiger partial charge in [-0.3, -0.25) is 4.79 Å². The fourth-order valence-corrected chi connectivity index (χ4v) is 3.94. The van der Waals surface area contributed by atoms with Crippen LogP contribution in [0.4, 0.5) is 5.13 Å². The van der Waals surface area contributed by atoms with Crippen LogP contribution in [0.3, 0.4) is 0 Å². The van der Waals surface area contributed by atoms with Gasteiger partial charge in [-0.2, -0.15) is 0 Å². The van der Waals surface area contributed by atoms with E-state index in [1.54, 1.807) is 12.4 Å². The van der Waals surface area contributed by atoms with Crippen molar-refractivity contribution < 1.29 is 14.6 Å². The maximum absolute atomic E-state index is 10.5. The van der Waals surface area contributed by atoms with Crippen LogP contribution in [0.5, 0.6) is 0 Å². The maximum atomic E-state index is 10.5. The van der Waals surface area contributed by atoms with E-state index in [1.165, 1.54) is 11.3 Å². The van der Waals surface area contributed by atoms with Crippen LogP contribution in [0.2, 0.25) is 0 Å². The molecule has 4 rings (SSSR count). The molecule has 134 valence electrons. The molecule has 26 heavy (non-hydrogen) atoms. The molecule has 7 nitrogen and oxygen atoms in total. The zero-order chi connectivity index (χ0) is 17.9. The lowest BCUT2D eigenvalue weighted by Crippen LogP contribution is -2.22. The summed E-state index contributed by atoms with van der Waals surface area (Å²) in [4.78, 5) is 23.6. The number of thiazole rings is 1. The average Bonchev–Trinajstić information content (AvgIpc) is 3.25. The molecule has 0 saturated heterocycles. The summed E-state index contributed by atoms with van der Waals surface area (Å²) in [6.07, 6.45) is 6.35. The molecule has 0 spiro atoms. The normalized spacial score (nSPS) is 19.7. The number of aromatic nitrogens is 3. The first kappa shape index (κ1) is 17.0. The molecule has 8 heteroatoms. The Hall–Kier alpha value is -2.42. The van der Waals surface area contributed by atoms with E-state index >= 15 is 0 Å². The standard InChI is InChI=1S/C18H18N4O3S/c23-10-21-18-22-13-5-4-11(6-16(13)26-18)12-7-19-17(20-8-12)9-25-15-3-1-2-14(15)24/h4-8,10,14-15,24H,1-3,9H2,(H,21,22,23)/t14-,15-/m0/s1. The summed E-state index contributed by atoms with van der Waals surface area (Å²) >= 11 is 1.42. The minimum absolute atomic E-state index is 0.110. The van der Waals surface area contributed by atoms with Crippen molar-refractivity contribution in [1.29, 1.82) is 0 Å². The zero-order valence-electron chi connectivity index (χ0n) is 14.0. The van der Waals surface area contributed by atoms with Crippen molar-refractivity contribution in [3.05, 3.63) is 36.4 Å². The minimum atomic E-state index is -0.376. The summed E-state index contributed by atoms with van der Waals surface area (Å²) < 4.78 is 6.69. The number of nitrogens with one attached hydrogen (secondary N) is 1. The monoisotopic (exact) mass is 370 g/mol. The molecule has 1 saturated carbocycles. The van der Waals surface area contributed by atoms with Gasteiger partial charge in [-0.05, 0) is 37.0 Å². The Morgan fingerprint density at radius 1 is 1.27 bits per heavy atom. The molecule has 0 unspecified atom stereocenters. The molecule has 1 aliphatic carbocycles. The average molecular weight is 370 g/mol. The highest BCUT2D eigenvalue weighted by atomic mass is 32.1. The Balaban J connectivity index is 1.47. The number of ether oxygens (including phenoxy) is 1. The van der Waals surface area contributed by atoms with Gasteiger partial charge in [0, 0.05) is 18.0 Å². The molecule has 2 aromatic heterocycles. The highest BCUT2D eigenvalue weighted by molar-refractivity contribution is 7.22. The topological polar surface area (TPSA) is 97.2 Å². The zero-order valence-corrected chi connectivity index (χ0v) is 14.8. The van der Waals surface area contributed by atoms with Gasteiger partial charge < -0.3 is 15.2 Å². The van der Waals surface area contributed by atoms with Gasteiger partial charge in [-0.25, -0.2) is 15.0 Å². The first-order valence-electron chi connectivity index (χ1n) is 8.44. The van der Waals surface area contributed by atoms with Gasteiger partial charge in [-0.1, -0.05) is 17.4 Å². The van der Waals surface area contributed by atoms with Gasteiger partial charge in [0.2, 0.25) is 6.41 Å². The van der Waals surface area contributed by atoms with Crippen molar-refractivity contribution in [1.82, 2.24) is 15.0 Å². The highest BCUT2D eigenvalue weighted by Crippen LogP contribution is 2.30. The quantitative estimate of drug-likeness (QED) is 0.648. The van der Waals surface area contributed by atoms with Gasteiger partial charge >= 0.3 is 0 Å². The Bertz CT molecular complexity index is 912. The van der Waals surface area contributed by atoms with Crippen LogP contribution in [0.1, 0.15) is 25.1 Å². The maximum Gasteiger partial charge on any atom is 0.213 e. The fourth-order valence-electron chi connectivity index (χ4n) is 3.08. The Kier molecular flexibility index (Phi) is 4.87. The number of fused-ring (bicyclic) bond motifs is 1. The van der Waals surface area contributed by atoms with Crippen LogP contribution in [0.15, 0.2) is 30.6 Å². The second-order valence-corrected chi connectivity index (χ2v) is 7.23. The first-order chi connectivity index (χ1) is 12.7. The van der Waals surface area contributed by atoms with Crippen LogP contribution in [0.25, 0.3) is 21.3 Å². The molecule has 1 aromatic carbocycles. The molecule has 1 fully saturated rings. The van der Waals surface area contributed by atoms with Crippen LogP contribution in [-0.2, 0) is 16.1 Å². The van der Waals surface area contributed by atoms with Crippen LogP contribution in [-0.4, -0.2) is 38.7 Å². The number of rotatable bonds is 6. The van der Waals surface area contributed by atoms with Crippen molar-refractivity contribution in [2.45, 2.75) is 38.1 Å². The molecule has 1 amide bonds. The van der Waals surface area contributed by atoms with E-state index in [0.29, 0.717) is 24.0 Å². The fraction of sp³-hybridized carbons (Fsp3) is 0.333. The number of aliphatic hydroxyl groups is 1. The number of hydrogen-bond acceptors (Lipinski definition) is 7. The number of benzene rings is 1. The molecule has 2 N–H and O–H groups in total. The minimum Gasteiger partial charge on any atom is -0.390 e. The van der Waals surface area contributed by atoms with Crippen molar-refractivity contribution in [3.8, 4) is 11.1 Å². The van der Waals surface area contributed by atoms with Gasteiger partial charge in [0.1, 0.15) is 6.61 Å². The molecular formula is C18H18N4O3S. The number of anilines is 1.